The van der Waals surface area contributed by atoms with Crippen molar-refractivity contribution in [3.05, 3.63) is 0 Å². The van der Waals surface area contributed by atoms with Crippen molar-refractivity contribution >= 4 is 17.8 Å². The van der Waals surface area contributed by atoms with E-state index in [0.29, 0.717) is 0 Å². The van der Waals surface area contributed by atoms with Gasteiger partial charge < -0.3 is 41.5 Å². The number of amides is 2. The third-order valence-electron chi connectivity index (χ3n) is 4.53. The summed E-state index contributed by atoms with van der Waals surface area (Å²) in [6.45, 7) is 1.63. The molecule has 8 N–H and O–H groups in total. The van der Waals surface area contributed by atoms with Crippen LogP contribution in [0.25, 0.3) is 0 Å². The average Bonchev–Trinajstić information content (AvgIpc) is 2.62. The van der Waals surface area contributed by atoms with Crippen LogP contribution >= 0.6 is 0 Å². The Labute approximate surface area is 165 Å². The van der Waals surface area contributed by atoms with Gasteiger partial charge in [0.1, 0.15) is 30.4 Å². The van der Waals surface area contributed by atoms with Gasteiger partial charge in [-0.3, -0.25) is 14.4 Å². The number of aliphatic carboxylic acids is 1. The van der Waals surface area contributed by atoms with E-state index >= 15 is 0 Å². The number of carbonyl (C=O) groups is 3. The molecule has 0 saturated carbocycles. The highest BCUT2D eigenvalue weighted by molar-refractivity contribution is 5.91. The van der Waals surface area contributed by atoms with Crippen molar-refractivity contribution in [1.29, 1.82) is 0 Å². The van der Waals surface area contributed by atoms with E-state index in [4.69, 9.17) is 20.7 Å². The van der Waals surface area contributed by atoms with Crippen LogP contribution in [0.4, 0.5) is 8.78 Å². The lowest BCUT2D eigenvalue weighted by Gasteiger charge is -2.40. The molecule has 168 valence electrons. The first-order chi connectivity index (χ1) is 13.3. The van der Waals surface area contributed by atoms with Crippen LogP contribution in [0.2, 0.25) is 0 Å². The van der Waals surface area contributed by atoms with Gasteiger partial charge in [0.25, 0.3) is 5.92 Å². The van der Waals surface area contributed by atoms with Crippen LogP contribution in [-0.4, -0.2) is 93.3 Å². The molecule has 13 heteroatoms. The largest absolute Gasteiger partial charge is 0.480 e. The quantitative estimate of drug-likeness (QED) is 0.205. The normalized spacial score (nSPS) is 28.1. The highest BCUT2D eigenvalue weighted by Crippen LogP contribution is 2.34. The molecule has 1 fully saturated rings. The Morgan fingerprint density at radius 3 is 2.24 bits per heavy atom. The van der Waals surface area contributed by atoms with E-state index in [2.05, 4.69) is 10.6 Å². The average molecular weight is 427 g/mol. The van der Waals surface area contributed by atoms with E-state index in [9.17, 15) is 33.4 Å². The van der Waals surface area contributed by atoms with Crippen molar-refractivity contribution in [3.63, 3.8) is 0 Å². The van der Waals surface area contributed by atoms with Gasteiger partial charge in [-0.1, -0.05) is 0 Å². The maximum absolute atomic E-state index is 14.5. The summed E-state index contributed by atoms with van der Waals surface area (Å²) in [7, 11) is 0. The molecular formula is C16H27F2N3O8. The molecule has 2 amide bonds. The van der Waals surface area contributed by atoms with Gasteiger partial charge in [-0.15, -0.1) is 0 Å². The molecule has 1 heterocycles. The number of hydrogen-bond donors (Lipinski definition) is 7. The Hall–Kier alpha value is -1.93. The number of nitrogens with one attached hydrogen (secondary N) is 2. The molecule has 0 bridgehead atoms. The lowest BCUT2D eigenvalue weighted by Crippen LogP contribution is -2.57. The Morgan fingerprint density at radius 2 is 1.72 bits per heavy atom. The fourth-order valence-electron chi connectivity index (χ4n) is 2.68. The number of halogens is 2. The molecule has 0 radical (unpaired) electrons. The maximum atomic E-state index is 14.5. The van der Waals surface area contributed by atoms with Crippen LogP contribution in [-0.2, 0) is 19.1 Å². The fraction of sp³-hybridized carbons (Fsp3) is 0.812. The summed E-state index contributed by atoms with van der Waals surface area (Å²) < 4.78 is 33.9. The predicted molar refractivity (Wildman–Crippen MR) is 92.8 cm³/mol. The van der Waals surface area contributed by atoms with E-state index in [-0.39, 0.29) is 0 Å². The van der Waals surface area contributed by atoms with Crippen molar-refractivity contribution in [2.45, 2.75) is 75.2 Å². The minimum atomic E-state index is -3.69. The first-order valence-corrected chi connectivity index (χ1v) is 8.89. The molecular weight excluding hydrogens is 400 g/mol. The topological polar surface area (TPSA) is 191 Å². The number of carbonyl (C=O) groups excluding carboxylic acids is 2. The fourth-order valence-corrected chi connectivity index (χ4v) is 2.68. The van der Waals surface area contributed by atoms with Crippen LogP contribution in [0.1, 0.15) is 26.7 Å². The molecule has 7 atom stereocenters. The summed E-state index contributed by atoms with van der Waals surface area (Å²) in [6, 6.07) is -4.20. The summed E-state index contributed by atoms with van der Waals surface area (Å²) in [5.74, 6) is -6.90. The van der Waals surface area contributed by atoms with Crippen LogP contribution in [0.15, 0.2) is 0 Å². The highest BCUT2D eigenvalue weighted by atomic mass is 19.3. The number of carboxylic acid groups (broad SMARTS) is 1. The zero-order valence-electron chi connectivity index (χ0n) is 15.9. The number of aliphatic hydroxyl groups is 3. The summed E-state index contributed by atoms with van der Waals surface area (Å²) in [6.07, 6.45) is -8.22. The van der Waals surface area contributed by atoms with Crippen LogP contribution in [0.3, 0.4) is 0 Å². The second-order valence-electron chi connectivity index (χ2n) is 7.01. The molecule has 0 spiro atoms. The molecule has 29 heavy (non-hydrogen) atoms. The van der Waals surface area contributed by atoms with Crippen molar-refractivity contribution in [2.24, 2.45) is 5.73 Å². The molecule has 0 aromatic heterocycles. The number of nitrogens with two attached hydrogens (primary N) is 1. The van der Waals surface area contributed by atoms with E-state index < -0.39 is 85.7 Å². The summed E-state index contributed by atoms with van der Waals surface area (Å²) in [4.78, 5) is 34.6. The van der Waals surface area contributed by atoms with Gasteiger partial charge >= 0.3 is 5.97 Å². The lowest BCUT2D eigenvalue weighted by atomic mass is 9.92. The van der Waals surface area contributed by atoms with Gasteiger partial charge in [-0.2, -0.15) is 0 Å². The standard InChI is InChI=1S/C16H27F2N3O8/c1-6(13(25)21-7(2)15(27)28)20-14(26)8(19)4-16(17,18)11-3-9(23)12(24)10(5-22)29-11/h6-12,22-24H,3-5,19H2,1-2H3,(H,20,26)(H,21,25)(H,27,28)/t6-,7-,8-,9+,10+,11+,12+/m0/s1. The molecule has 0 aromatic rings. The zero-order chi connectivity index (χ0) is 22.5. The number of hydrogen-bond acceptors (Lipinski definition) is 8. The number of ether oxygens (including phenoxy) is 1. The van der Waals surface area contributed by atoms with Gasteiger partial charge in [-0.25, -0.2) is 8.78 Å². The first-order valence-electron chi connectivity index (χ1n) is 8.89. The summed E-state index contributed by atoms with van der Waals surface area (Å²) in [5, 5.41) is 41.3. The van der Waals surface area contributed by atoms with Crippen molar-refractivity contribution < 1.29 is 48.3 Å². The molecule has 0 aliphatic carbocycles. The Bertz CT molecular complexity index is 609. The molecule has 11 nitrogen and oxygen atoms in total. The van der Waals surface area contributed by atoms with E-state index in [1.165, 1.54) is 13.8 Å². The Balaban J connectivity index is 2.66. The van der Waals surface area contributed by atoms with Gasteiger partial charge in [0.2, 0.25) is 11.8 Å². The molecule has 1 saturated heterocycles. The van der Waals surface area contributed by atoms with E-state index in [0.717, 1.165) is 0 Å². The van der Waals surface area contributed by atoms with Gasteiger partial charge in [0.15, 0.2) is 0 Å². The highest BCUT2D eigenvalue weighted by Gasteiger charge is 2.49. The third kappa shape index (κ3) is 6.82. The SMILES string of the molecule is C[C@H](NC(=O)[C@H](C)NC(=O)[C@@H](N)CC(F)(F)[C@H]1C[C@@H](O)[C@@H](O)[C@@H](CO)O1)C(=O)O. The number of aliphatic hydroxyl groups excluding tert-OH is 3. The minimum absolute atomic E-state index is 0.634. The number of carboxylic acids is 1. The molecule has 1 aliphatic rings. The number of rotatable bonds is 9. The van der Waals surface area contributed by atoms with Crippen LogP contribution in [0.5, 0.6) is 0 Å². The van der Waals surface area contributed by atoms with E-state index in [1.807, 2.05) is 0 Å². The minimum Gasteiger partial charge on any atom is -0.480 e. The van der Waals surface area contributed by atoms with Crippen molar-refractivity contribution in [3.8, 4) is 0 Å². The Kier molecular flexibility index (Phi) is 8.84. The van der Waals surface area contributed by atoms with E-state index in [1.54, 1.807) is 0 Å². The molecule has 0 unspecified atom stereocenters. The third-order valence-corrected chi connectivity index (χ3v) is 4.53. The smallest absolute Gasteiger partial charge is 0.325 e. The van der Waals surface area contributed by atoms with Gasteiger partial charge in [0, 0.05) is 12.8 Å². The molecule has 1 rings (SSSR count). The first kappa shape index (κ1) is 25.1. The van der Waals surface area contributed by atoms with Gasteiger partial charge in [0.05, 0.1) is 18.8 Å². The van der Waals surface area contributed by atoms with Gasteiger partial charge in [-0.05, 0) is 13.8 Å². The lowest BCUT2D eigenvalue weighted by molar-refractivity contribution is -0.240. The Morgan fingerprint density at radius 1 is 1.17 bits per heavy atom. The monoisotopic (exact) mass is 427 g/mol. The second kappa shape index (κ2) is 10.2. The van der Waals surface area contributed by atoms with Crippen molar-refractivity contribution in [1.82, 2.24) is 10.6 Å². The maximum Gasteiger partial charge on any atom is 0.325 e. The molecule has 0 aromatic carbocycles. The van der Waals surface area contributed by atoms with Crippen LogP contribution < -0.4 is 16.4 Å². The second-order valence-corrected chi connectivity index (χ2v) is 7.01. The number of alkyl halides is 2. The molecule has 1 aliphatic heterocycles. The zero-order valence-corrected chi connectivity index (χ0v) is 15.9. The summed E-state index contributed by atoms with van der Waals surface area (Å²) in [5.41, 5.74) is 5.50. The van der Waals surface area contributed by atoms with Crippen molar-refractivity contribution in [2.75, 3.05) is 6.61 Å². The van der Waals surface area contributed by atoms with Crippen LogP contribution in [0, 0.1) is 0 Å². The summed E-state index contributed by atoms with van der Waals surface area (Å²) >= 11 is 0. The predicted octanol–water partition coefficient (Wildman–Crippen LogP) is -2.70.